The Bertz CT molecular complexity index is 2410. The Balaban J connectivity index is 0.000000247. The molecule has 8 rings (SSSR count). The third-order valence-electron chi connectivity index (χ3n) is 7.58. The van der Waals surface area contributed by atoms with E-state index in [1.165, 1.54) is 24.3 Å². The summed E-state index contributed by atoms with van der Waals surface area (Å²) in [6.45, 7) is -0.181. The number of furan rings is 2. The first-order chi connectivity index (χ1) is 24.0. The van der Waals surface area contributed by atoms with Gasteiger partial charge in [-0.1, -0.05) is 63.7 Å². The standard InChI is InChI=1S/C18H10Br2F2O2.C18H8Br2O2.CH2O3.2K.H/c19-9-1-3-17(23)13(5-9)11-7-16(22)12(8-15(11)21)14-6-10(20)2-4-18(14)24;19-9-1-3-15-11(5-9)13-7-18-14(8-17(13)21-15)12-6-10(20)2-4-16(12)22-18;2-1-4-3;;;/h1-8,23-24H;1-8H;1,3H;;;/q;;;2*+1;-1/p-1. The van der Waals surface area contributed by atoms with Crippen molar-refractivity contribution in [2.45, 2.75) is 0 Å². The van der Waals surface area contributed by atoms with Gasteiger partial charge in [-0.2, -0.15) is 0 Å². The molecule has 15 heteroatoms. The fraction of sp³-hybridized carbons (Fsp3) is 0. The monoisotopic (exact) mass is 1010 g/mol. The number of benzene rings is 6. The van der Waals surface area contributed by atoms with E-state index in [9.17, 15) is 19.0 Å². The van der Waals surface area contributed by atoms with Gasteiger partial charge in [0.2, 0.25) is 0 Å². The van der Waals surface area contributed by atoms with Crippen LogP contribution >= 0.6 is 63.7 Å². The Morgan fingerprint density at radius 1 is 0.538 bits per heavy atom. The van der Waals surface area contributed by atoms with Crippen LogP contribution in [0.15, 0.2) is 124 Å². The molecule has 2 N–H and O–H groups in total. The molecule has 254 valence electrons. The molecule has 7 nitrogen and oxygen atoms in total. The summed E-state index contributed by atoms with van der Waals surface area (Å²) in [5.41, 5.74) is 3.74. The maximum atomic E-state index is 14.6. The van der Waals surface area contributed by atoms with E-state index in [1.54, 1.807) is 12.1 Å². The molecule has 6 aromatic carbocycles. The SMILES string of the molecule is Brc1ccc2oc3cc4c(cc3c2c1)oc1ccc(Br)cc14.O=CO[O-].Oc1ccc(Br)cc1-c1cc(F)c(-c2cc(Br)ccc2O)cc1F.[H-].[K+].[K+]. The van der Waals surface area contributed by atoms with Crippen LogP contribution in [0.4, 0.5) is 8.78 Å². The number of hydrogen-bond donors (Lipinski definition) is 2. The van der Waals surface area contributed by atoms with Crippen LogP contribution in [0.5, 0.6) is 11.5 Å². The van der Waals surface area contributed by atoms with E-state index in [4.69, 9.17) is 18.9 Å². The Labute approximate surface area is 414 Å². The maximum Gasteiger partial charge on any atom is 1.00 e. The molecule has 0 unspecified atom stereocenters. The fourth-order valence-corrected chi connectivity index (χ4v) is 6.84. The number of fused-ring (bicyclic) bond motifs is 6. The molecule has 52 heavy (non-hydrogen) atoms. The van der Waals surface area contributed by atoms with Crippen molar-refractivity contribution in [3.63, 3.8) is 0 Å². The number of phenols is 2. The summed E-state index contributed by atoms with van der Waals surface area (Å²) in [6, 6.07) is 27.2. The van der Waals surface area contributed by atoms with E-state index < -0.39 is 11.6 Å². The van der Waals surface area contributed by atoms with Crippen LogP contribution < -0.4 is 108 Å². The van der Waals surface area contributed by atoms with Crippen molar-refractivity contribution >= 4 is 114 Å². The van der Waals surface area contributed by atoms with Crippen LogP contribution in [0, 0.1) is 11.6 Å². The van der Waals surface area contributed by atoms with E-state index >= 15 is 0 Å². The molecule has 0 bridgehead atoms. The Morgan fingerprint density at radius 2 is 0.865 bits per heavy atom. The van der Waals surface area contributed by atoms with E-state index in [2.05, 4.69) is 92.9 Å². The van der Waals surface area contributed by atoms with Gasteiger partial charge >= 0.3 is 103 Å². The first kappa shape index (κ1) is 43.7. The van der Waals surface area contributed by atoms with Gasteiger partial charge in [0.05, 0.1) is 0 Å². The topological polar surface area (TPSA) is 116 Å². The van der Waals surface area contributed by atoms with Gasteiger partial charge < -0.3 is 30.6 Å². The molecule has 0 saturated carbocycles. The number of carbonyl (C=O) groups is 1. The first-order valence-corrected chi connectivity index (χ1v) is 17.5. The summed E-state index contributed by atoms with van der Waals surface area (Å²) >= 11 is 13.5. The zero-order chi connectivity index (χ0) is 35.7. The molecule has 0 aliphatic rings. The molecule has 2 aromatic heterocycles. The summed E-state index contributed by atoms with van der Waals surface area (Å²) in [7, 11) is 0. The number of phenolic OH excluding ortho intramolecular Hbond substituents is 2. The van der Waals surface area contributed by atoms with Gasteiger partial charge in [-0.15, -0.1) is 0 Å². The van der Waals surface area contributed by atoms with Crippen molar-refractivity contribution in [3.8, 4) is 33.8 Å². The van der Waals surface area contributed by atoms with E-state index in [0.29, 0.717) is 8.95 Å². The van der Waals surface area contributed by atoms with Crippen LogP contribution in [-0.4, -0.2) is 16.7 Å². The van der Waals surface area contributed by atoms with E-state index in [-0.39, 0.29) is 144 Å². The molecule has 0 aliphatic heterocycles. The second kappa shape index (κ2) is 19.2. The predicted molar refractivity (Wildman–Crippen MR) is 201 cm³/mol. The predicted octanol–water partition coefficient (Wildman–Crippen LogP) is 5.80. The summed E-state index contributed by atoms with van der Waals surface area (Å²) in [5.74, 6) is -1.73. The minimum Gasteiger partial charge on any atom is -1.00 e. The second-order valence-corrected chi connectivity index (χ2v) is 14.3. The third kappa shape index (κ3) is 9.68. The van der Waals surface area contributed by atoms with Gasteiger partial charge in [0, 0.05) is 61.7 Å². The first-order valence-electron chi connectivity index (χ1n) is 14.3. The van der Waals surface area contributed by atoms with E-state index in [0.717, 1.165) is 65.0 Å². The van der Waals surface area contributed by atoms with Crippen molar-refractivity contribution in [1.82, 2.24) is 0 Å². The normalized spacial score (nSPS) is 10.5. The Hall–Kier alpha value is -0.997. The molecule has 0 spiro atoms. The molecule has 0 amide bonds. The number of rotatable bonds is 3. The molecule has 0 atom stereocenters. The van der Waals surface area contributed by atoms with Crippen LogP contribution in [0.3, 0.4) is 0 Å². The molecule has 0 fully saturated rings. The van der Waals surface area contributed by atoms with Crippen LogP contribution in [-0.2, 0) is 9.68 Å². The summed E-state index contributed by atoms with van der Waals surface area (Å²) in [4.78, 5) is 11.2. The van der Waals surface area contributed by atoms with Crippen molar-refractivity contribution in [1.29, 1.82) is 0 Å². The third-order valence-corrected chi connectivity index (χ3v) is 9.55. The van der Waals surface area contributed by atoms with Gasteiger partial charge in [0.15, 0.2) is 0 Å². The maximum absolute atomic E-state index is 14.6. The minimum atomic E-state index is -0.709. The summed E-state index contributed by atoms with van der Waals surface area (Å²) < 4.78 is 44.4. The smallest absolute Gasteiger partial charge is 1.00 e. The van der Waals surface area contributed by atoms with Gasteiger partial charge in [0.1, 0.15) is 45.5 Å². The van der Waals surface area contributed by atoms with Gasteiger partial charge in [-0.3, -0.25) is 4.79 Å². The molecular weight excluding hydrogens is 992 g/mol. The Kier molecular flexibility index (Phi) is 16.2. The number of carbonyl (C=O) groups excluding carboxylic acids is 1. The van der Waals surface area contributed by atoms with Crippen molar-refractivity contribution in [3.05, 3.63) is 127 Å². The fourth-order valence-electron chi connectivity index (χ4n) is 5.40. The number of hydrogen-bond acceptors (Lipinski definition) is 7. The van der Waals surface area contributed by atoms with E-state index in [1.807, 2.05) is 24.3 Å². The molecule has 8 aromatic rings. The average Bonchev–Trinajstić information content (AvgIpc) is 3.63. The van der Waals surface area contributed by atoms with Crippen LogP contribution in [0.2, 0.25) is 0 Å². The van der Waals surface area contributed by atoms with Gasteiger partial charge in [-0.25, -0.2) is 8.78 Å². The zero-order valence-corrected chi connectivity index (χ0v) is 39.6. The second-order valence-electron chi connectivity index (χ2n) is 10.7. The summed E-state index contributed by atoms with van der Waals surface area (Å²) in [5, 5.41) is 32.6. The van der Waals surface area contributed by atoms with Crippen LogP contribution in [0.1, 0.15) is 1.43 Å². The largest absolute Gasteiger partial charge is 1.00 e. The minimum absolute atomic E-state index is 0. The number of aromatic hydroxyl groups is 2. The summed E-state index contributed by atoms with van der Waals surface area (Å²) in [6.07, 6.45) is 0. The average molecular weight is 1010 g/mol. The van der Waals surface area contributed by atoms with Gasteiger partial charge in [0.25, 0.3) is 6.47 Å². The van der Waals surface area contributed by atoms with Crippen molar-refractivity contribution in [2.24, 2.45) is 0 Å². The molecule has 2 heterocycles. The molecular formula is C37H20Br4F2K2O7. The van der Waals surface area contributed by atoms with Gasteiger partial charge in [-0.05, 0) is 97.1 Å². The van der Waals surface area contributed by atoms with Crippen LogP contribution in [0.25, 0.3) is 66.1 Å². The Morgan fingerprint density at radius 3 is 1.23 bits per heavy atom. The molecule has 0 saturated heterocycles. The van der Waals surface area contributed by atoms with Crippen molar-refractivity contribution < 1.29 is 147 Å². The van der Waals surface area contributed by atoms with Crippen molar-refractivity contribution in [2.75, 3.05) is 0 Å². The molecule has 0 aliphatic carbocycles. The quantitative estimate of drug-likeness (QED) is 0.0996. The zero-order valence-electron chi connectivity index (χ0n) is 28.0. The molecule has 0 radical (unpaired) electrons. The number of halogens is 6.